The number of amides is 1. The molecule has 0 spiro atoms. The number of nitrogens with zero attached hydrogens (tertiary/aromatic N) is 3. The average Bonchev–Trinajstić information content (AvgIpc) is 3.43. The lowest BCUT2D eigenvalue weighted by Crippen LogP contribution is -2.48. The van der Waals surface area contributed by atoms with Crippen molar-refractivity contribution in [2.75, 3.05) is 19.0 Å². The lowest BCUT2D eigenvalue weighted by Gasteiger charge is -2.57. The number of carbonyl (C=O) groups excluding carboxylic acids is 1. The Morgan fingerprint density at radius 1 is 1.04 bits per heavy atom. The minimum absolute atomic E-state index is 0.143. The number of thiophene rings is 1. The van der Waals surface area contributed by atoms with Crippen molar-refractivity contribution in [1.29, 1.82) is 0 Å². The second kappa shape index (κ2) is 11.4. The first-order valence-corrected chi connectivity index (χ1v) is 17.1. The molecule has 0 radical (unpaired) electrons. The Kier molecular flexibility index (Phi) is 7.24. The Balaban J connectivity index is 0.905. The Morgan fingerprint density at radius 2 is 1.78 bits per heavy atom. The molecular weight excluding hydrogens is 584 g/mol. The van der Waals surface area contributed by atoms with E-state index >= 15 is 0 Å². The maximum Gasteiger partial charge on any atom is 0.282 e. The molecular formula is C36H38N4O4S. The van der Waals surface area contributed by atoms with Crippen molar-refractivity contribution < 1.29 is 14.3 Å². The van der Waals surface area contributed by atoms with Gasteiger partial charge in [0.1, 0.15) is 11.2 Å². The highest BCUT2D eigenvalue weighted by Gasteiger charge is 2.51. The zero-order chi connectivity index (χ0) is 30.5. The van der Waals surface area contributed by atoms with E-state index in [1.165, 1.54) is 60.0 Å². The van der Waals surface area contributed by atoms with Crippen molar-refractivity contribution in [3.8, 4) is 11.5 Å². The van der Waals surface area contributed by atoms with Crippen molar-refractivity contribution in [3.63, 3.8) is 0 Å². The van der Waals surface area contributed by atoms with Gasteiger partial charge in [0.25, 0.3) is 11.5 Å². The number of hydrogen-bond donors (Lipinski definition) is 1. The first-order chi connectivity index (χ1) is 22.0. The number of methoxy groups -OCH3 is 1. The van der Waals surface area contributed by atoms with Crippen LogP contribution in [-0.2, 0) is 23.1 Å². The number of aryl methyl sites for hydroxylation is 2. The predicted octanol–water partition coefficient (Wildman–Crippen LogP) is 6.71. The number of aromatic nitrogens is 2. The fourth-order valence-electron chi connectivity index (χ4n) is 8.94. The van der Waals surface area contributed by atoms with Gasteiger partial charge in [0.2, 0.25) is 0 Å². The summed E-state index contributed by atoms with van der Waals surface area (Å²) in [6, 6.07) is 13.8. The van der Waals surface area contributed by atoms with Gasteiger partial charge in [0.05, 0.1) is 18.7 Å². The summed E-state index contributed by atoms with van der Waals surface area (Å²) in [6.07, 6.45) is 15.5. The average molecular weight is 623 g/mol. The zero-order valence-corrected chi connectivity index (χ0v) is 26.4. The van der Waals surface area contributed by atoms with Crippen LogP contribution in [-0.4, -0.2) is 35.5 Å². The van der Waals surface area contributed by atoms with Crippen molar-refractivity contribution in [2.45, 2.75) is 69.6 Å². The molecule has 0 unspecified atom stereocenters. The van der Waals surface area contributed by atoms with Gasteiger partial charge in [-0.15, -0.1) is 11.3 Å². The number of benzene rings is 2. The van der Waals surface area contributed by atoms with E-state index in [2.05, 4.69) is 27.5 Å². The number of hydrogen-bond acceptors (Lipinski definition) is 7. The SMILES string of the molecule is COc1cc(/C=N\n2cnc3sc4c(c3c2=O)CCCC4)ccc1OCC(=O)Nc1ccc(C23CC4CC(CC(C4)C2)C3)cc1. The van der Waals surface area contributed by atoms with Crippen molar-refractivity contribution >= 4 is 39.4 Å². The minimum Gasteiger partial charge on any atom is -0.493 e. The Bertz CT molecular complexity index is 1820. The molecule has 5 aliphatic carbocycles. The van der Waals surface area contributed by atoms with Crippen LogP contribution in [0.2, 0.25) is 0 Å². The summed E-state index contributed by atoms with van der Waals surface area (Å²) in [5.41, 5.74) is 4.29. The quantitative estimate of drug-likeness (QED) is 0.220. The summed E-state index contributed by atoms with van der Waals surface area (Å²) in [7, 11) is 1.55. The first kappa shape index (κ1) is 28.5. The number of fused-ring (bicyclic) bond motifs is 3. The highest BCUT2D eigenvalue weighted by molar-refractivity contribution is 7.18. The van der Waals surface area contributed by atoms with Gasteiger partial charge < -0.3 is 14.8 Å². The van der Waals surface area contributed by atoms with Gasteiger partial charge in [-0.25, -0.2) is 4.98 Å². The predicted molar refractivity (Wildman–Crippen MR) is 177 cm³/mol. The third kappa shape index (κ3) is 5.35. The number of nitrogens with one attached hydrogen (secondary N) is 1. The maximum absolute atomic E-state index is 13.2. The molecule has 2 aromatic heterocycles. The van der Waals surface area contributed by atoms with Crippen LogP contribution in [0.4, 0.5) is 5.69 Å². The molecule has 45 heavy (non-hydrogen) atoms. The van der Waals surface area contributed by atoms with Crippen molar-refractivity contribution in [1.82, 2.24) is 9.66 Å². The standard InChI is InChI=1S/C36H38N4O4S/c1-43-30-15-22(19-38-40-21-37-34-33(35(40)42)28-4-2-3-5-31(28)45-34)6-11-29(30)44-20-32(41)39-27-9-7-26(8-10-27)36-16-23-12-24(17-36)14-25(13-23)18-36/h6-11,15,19,21,23-25H,2-5,12-14,16-18,20H2,1H3,(H,39,41)/b38-19-. The van der Waals surface area contributed by atoms with Crippen LogP contribution in [0.25, 0.3) is 10.2 Å². The Labute approximate surface area is 266 Å². The smallest absolute Gasteiger partial charge is 0.282 e. The molecule has 2 heterocycles. The lowest BCUT2D eigenvalue weighted by molar-refractivity contribution is -0.118. The van der Waals surface area contributed by atoms with E-state index in [0.29, 0.717) is 22.3 Å². The Hall–Kier alpha value is -3.98. The molecule has 1 amide bonds. The van der Waals surface area contributed by atoms with Gasteiger partial charge in [0.15, 0.2) is 18.1 Å². The highest BCUT2D eigenvalue weighted by Crippen LogP contribution is 2.60. The molecule has 4 bridgehead atoms. The van der Waals surface area contributed by atoms with Crippen LogP contribution in [0.3, 0.4) is 0 Å². The van der Waals surface area contributed by atoms with Gasteiger partial charge in [-0.3, -0.25) is 9.59 Å². The van der Waals surface area contributed by atoms with E-state index in [1.54, 1.807) is 36.8 Å². The molecule has 0 aliphatic heterocycles. The summed E-state index contributed by atoms with van der Waals surface area (Å²) >= 11 is 1.62. The molecule has 1 N–H and O–H groups in total. The summed E-state index contributed by atoms with van der Waals surface area (Å²) in [5, 5.41) is 8.07. The van der Waals surface area contributed by atoms with Crippen molar-refractivity contribution in [2.24, 2.45) is 22.9 Å². The molecule has 4 saturated carbocycles. The second-order valence-electron chi connectivity index (χ2n) is 13.6. The van der Waals surface area contributed by atoms with Gasteiger partial charge in [-0.1, -0.05) is 12.1 Å². The van der Waals surface area contributed by atoms with Crippen LogP contribution in [0.5, 0.6) is 11.5 Å². The highest BCUT2D eigenvalue weighted by atomic mass is 32.1. The topological polar surface area (TPSA) is 94.8 Å². The van der Waals surface area contributed by atoms with Gasteiger partial charge >= 0.3 is 0 Å². The van der Waals surface area contributed by atoms with Crippen molar-refractivity contribution in [3.05, 3.63) is 80.7 Å². The molecule has 0 saturated heterocycles. The molecule has 8 nitrogen and oxygen atoms in total. The van der Waals surface area contributed by atoms with E-state index in [0.717, 1.165) is 65.1 Å². The number of anilines is 1. The molecule has 0 atom stereocenters. The molecule has 4 aromatic rings. The normalized spacial score (nSPS) is 25.0. The third-order valence-corrected chi connectivity index (χ3v) is 11.8. The fraction of sp³-hybridized carbons (Fsp3) is 0.444. The summed E-state index contributed by atoms with van der Waals surface area (Å²) in [4.78, 5) is 32.6. The van der Waals surface area contributed by atoms with Crippen LogP contribution in [0.1, 0.15) is 72.9 Å². The maximum atomic E-state index is 13.2. The Morgan fingerprint density at radius 3 is 2.51 bits per heavy atom. The molecule has 9 heteroatoms. The van der Waals surface area contributed by atoms with Gasteiger partial charge in [-0.05, 0) is 134 Å². The summed E-state index contributed by atoms with van der Waals surface area (Å²) < 4.78 is 12.7. The van der Waals surface area contributed by atoms with E-state index < -0.39 is 0 Å². The molecule has 2 aromatic carbocycles. The fourth-order valence-corrected chi connectivity index (χ4v) is 10.2. The monoisotopic (exact) mass is 622 g/mol. The largest absolute Gasteiger partial charge is 0.493 e. The summed E-state index contributed by atoms with van der Waals surface area (Å²) in [6.45, 7) is -0.146. The lowest BCUT2D eigenvalue weighted by atomic mass is 9.48. The second-order valence-corrected chi connectivity index (χ2v) is 14.6. The molecule has 4 fully saturated rings. The van der Waals surface area contributed by atoms with E-state index in [4.69, 9.17) is 9.47 Å². The molecule has 232 valence electrons. The first-order valence-electron chi connectivity index (χ1n) is 16.2. The van der Waals surface area contributed by atoms with E-state index in [9.17, 15) is 9.59 Å². The third-order valence-electron chi connectivity index (χ3n) is 10.6. The molecule has 9 rings (SSSR count). The summed E-state index contributed by atoms with van der Waals surface area (Å²) in [5.74, 6) is 3.40. The van der Waals surface area contributed by atoms with E-state index in [1.807, 2.05) is 18.2 Å². The minimum atomic E-state index is -0.233. The van der Waals surface area contributed by atoms with Crippen LogP contribution in [0, 0.1) is 17.8 Å². The number of carbonyl (C=O) groups is 1. The van der Waals surface area contributed by atoms with Crippen LogP contribution < -0.4 is 20.3 Å². The molecule has 5 aliphatic rings. The van der Waals surface area contributed by atoms with Gasteiger partial charge in [0, 0.05) is 10.6 Å². The van der Waals surface area contributed by atoms with Crippen LogP contribution in [0.15, 0.2) is 58.7 Å². The van der Waals surface area contributed by atoms with Crippen LogP contribution >= 0.6 is 11.3 Å². The van der Waals surface area contributed by atoms with Gasteiger partial charge in [-0.2, -0.15) is 9.78 Å². The number of rotatable bonds is 8. The van der Waals surface area contributed by atoms with E-state index in [-0.39, 0.29) is 18.1 Å². The zero-order valence-electron chi connectivity index (χ0n) is 25.6. The number of ether oxygens (including phenoxy) is 2.